The fourth-order valence-corrected chi connectivity index (χ4v) is 1.26. The molecule has 0 aromatic rings. The monoisotopic (exact) mass is 270 g/mol. The third-order valence-electron chi connectivity index (χ3n) is 2.31. The number of aliphatic hydroxyl groups excluding tert-OH is 1. The Balaban J connectivity index is 4.52. The molecule has 0 aliphatic carbocycles. The van der Waals surface area contributed by atoms with Gasteiger partial charge in [0.15, 0.2) is 0 Å². The highest BCUT2D eigenvalue weighted by Gasteiger charge is 2.32. The van der Waals surface area contributed by atoms with Gasteiger partial charge in [-0.05, 0) is 0 Å². The highest BCUT2D eigenvalue weighted by molar-refractivity contribution is 5.81. The molecule has 0 bridgehead atoms. The number of carbonyl (C=O) groups excluding carboxylic acids is 1. The summed E-state index contributed by atoms with van der Waals surface area (Å²) in [4.78, 5) is 11.1. The van der Waals surface area contributed by atoms with Crippen LogP contribution in [0, 0.1) is 5.41 Å². The van der Waals surface area contributed by atoms with Crippen molar-refractivity contribution in [3.63, 3.8) is 0 Å². The fourth-order valence-electron chi connectivity index (χ4n) is 1.26. The lowest BCUT2D eigenvalue weighted by Gasteiger charge is -2.30. The molecule has 0 fully saturated rings. The van der Waals surface area contributed by atoms with E-state index < -0.39 is 11.4 Å². The van der Waals surface area contributed by atoms with Gasteiger partial charge < -0.3 is 19.3 Å². The SMILES string of the molecule is C=CCOCC(CO)(COCC=C)COC(=O)C=C. The van der Waals surface area contributed by atoms with Crippen LogP contribution in [-0.2, 0) is 19.0 Å². The van der Waals surface area contributed by atoms with Crippen LogP contribution in [-0.4, -0.2) is 50.7 Å². The predicted molar refractivity (Wildman–Crippen MR) is 72.7 cm³/mol. The summed E-state index contributed by atoms with van der Waals surface area (Å²) in [7, 11) is 0. The summed E-state index contributed by atoms with van der Waals surface area (Å²) in [5, 5.41) is 9.53. The van der Waals surface area contributed by atoms with E-state index >= 15 is 0 Å². The largest absolute Gasteiger partial charge is 0.462 e. The Labute approximate surface area is 114 Å². The van der Waals surface area contributed by atoms with Gasteiger partial charge in [0.05, 0.1) is 38.4 Å². The van der Waals surface area contributed by atoms with Gasteiger partial charge in [-0.25, -0.2) is 4.79 Å². The molecule has 0 saturated carbocycles. The van der Waals surface area contributed by atoms with E-state index in [-0.39, 0.29) is 26.4 Å². The van der Waals surface area contributed by atoms with Gasteiger partial charge in [-0.15, -0.1) is 13.2 Å². The molecule has 0 amide bonds. The average Bonchev–Trinajstić information content (AvgIpc) is 2.44. The van der Waals surface area contributed by atoms with Crippen LogP contribution in [0.4, 0.5) is 0 Å². The van der Waals surface area contributed by atoms with Gasteiger partial charge >= 0.3 is 5.97 Å². The zero-order valence-corrected chi connectivity index (χ0v) is 11.2. The molecule has 0 heterocycles. The molecule has 0 saturated heterocycles. The van der Waals surface area contributed by atoms with Crippen molar-refractivity contribution in [2.45, 2.75) is 0 Å². The van der Waals surface area contributed by atoms with Crippen molar-refractivity contribution in [1.82, 2.24) is 0 Å². The van der Waals surface area contributed by atoms with Crippen molar-refractivity contribution in [1.29, 1.82) is 0 Å². The summed E-state index contributed by atoms with van der Waals surface area (Å²) in [6, 6.07) is 0. The lowest BCUT2D eigenvalue weighted by atomic mass is 9.92. The summed E-state index contributed by atoms with van der Waals surface area (Å²) in [5.41, 5.74) is -0.801. The normalized spacial score (nSPS) is 10.8. The molecule has 5 nitrogen and oxygen atoms in total. The number of ether oxygens (including phenoxy) is 3. The lowest BCUT2D eigenvalue weighted by Crippen LogP contribution is -2.41. The van der Waals surface area contributed by atoms with Crippen molar-refractivity contribution in [3.8, 4) is 0 Å². The Morgan fingerprint density at radius 3 is 1.95 bits per heavy atom. The van der Waals surface area contributed by atoms with E-state index in [2.05, 4.69) is 19.7 Å². The van der Waals surface area contributed by atoms with E-state index in [1.54, 1.807) is 12.2 Å². The number of carbonyl (C=O) groups is 1. The van der Waals surface area contributed by atoms with E-state index in [0.29, 0.717) is 13.2 Å². The fraction of sp³-hybridized carbons (Fsp3) is 0.500. The van der Waals surface area contributed by atoms with Crippen molar-refractivity contribution >= 4 is 5.97 Å². The molecule has 0 aromatic heterocycles. The average molecular weight is 270 g/mol. The molecule has 0 atom stereocenters. The molecule has 0 rings (SSSR count). The zero-order chi connectivity index (χ0) is 14.6. The maximum absolute atomic E-state index is 11.1. The second-order valence-corrected chi connectivity index (χ2v) is 4.08. The minimum atomic E-state index is -0.801. The van der Waals surface area contributed by atoms with Crippen molar-refractivity contribution in [2.75, 3.05) is 39.6 Å². The third-order valence-corrected chi connectivity index (χ3v) is 2.31. The van der Waals surface area contributed by atoms with E-state index in [9.17, 15) is 9.90 Å². The first-order valence-corrected chi connectivity index (χ1v) is 5.91. The summed E-state index contributed by atoms with van der Waals surface area (Å²) in [6.07, 6.45) is 4.27. The molecule has 108 valence electrons. The molecular formula is C14H22O5. The molecule has 0 aromatic carbocycles. The second kappa shape index (κ2) is 10.5. The highest BCUT2D eigenvalue weighted by Crippen LogP contribution is 2.19. The van der Waals surface area contributed by atoms with E-state index in [1.165, 1.54) is 0 Å². The van der Waals surface area contributed by atoms with E-state index in [4.69, 9.17) is 14.2 Å². The molecule has 1 N–H and O–H groups in total. The van der Waals surface area contributed by atoms with Crippen LogP contribution < -0.4 is 0 Å². The molecule has 0 spiro atoms. The second-order valence-electron chi connectivity index (χ2n) is 4.08. The first-order chi connectivity index (χ1) is 9.14. The standard InChI is InChI=1S/C14H22O5/c1-4-7-17-10-14(9-15,11-18-8-5-2)12-19-13(16)6-3/h4-6,15H,1-3,7-12H2. The van der Waals surface area contributed by atoms with E-state index in [1.807, 2.05) is 0 Å². The molecule has 5 heteroatoms. The quantitative estimate of drug-likeness (QED) is 0.249. The van der Waals surface area contributed by atoms with Crippen LogP contribution >= 0.6 is 0 Å². The van der Waals surface area contributed by atoms with Gasteiger partial charge in [-0.1, -0.05) is 18.7 Å². The summed E-state index contributed by atoms with van der Waals surface area (Å²) < 4.78 is 15.6. The molecular weight excluding hydrogens is 248 g/mol. The maximum Gasteiger partial charge on any atom is 0.330 e. The zero-order valence-electron chi connectivity index (χ0n) is 11.2. The number of hydrogen-bond acceptors (Lipinski definition) is 5. The van der Waals surface area contributed by atoms with Gasteiger partial charge in [0.25, 0.3) is 0 Å². The third kappa shape index (κ3) is 7.56. The summed E-state index contributed by atoms with van der Waals surface area (Å²) in [5.74, 6) is -0.551. The van der Waals surface area contributed by atoms with Gasteiger partial charge in [-0.2, -0.15) is 0 Å². The van der Waals surface area contributed by atoms with E-state index in [0.717, 1.165) is 6.08 Å². The first-order valence-electron chi connectivity index (χ1n) is 5.91. The van der Waals surface area contributed by atoms with Crippen LogP contribution in [0.25, 0.3) is 0 Å². The van der Waals surface area contributed by atoms with Crippen LogP contribution in [0.15, 0.2) is 38.0 Å². The number of esters is 1. The van der Waals surface area contributed by atoms with Crippen LogP contribution in [0.2, 0.25) is 0 Å². The van der Waals surface area contributed by atoms with Gasteiger partial charge in [-0.3, -0.25) is 0 Å². The van der Waals surface area contributed by atoms with Gasteiger partial charge in [0.2, 0.25) is 0 Å². The van der Waals surface area contributed by atoms with Crippen molar-refractivity contribution < 1.29 is 24.1 Å². The Hall–Kier alpha value is -1.43. The Kier molecular flexibility index (Phi) is 9.70. The highest BCUT2D eigenvalue weighted by atomic mass is 16.5. The summed E-state index contributed by atoms with van der Waals surface area (Å²) >= 11 is 0. The predicted octanol–water partition coefficient (Wildman–Crippen LogP) is 1.10. The van der Waals surface area contributed by atoms with Gasteiger partial charge in [0.1, 0.15) is 6.61 Å². The number of aliphatic hydroxyl groups is 1. The van der Waals surface area contributed by atoms with Gasteiger partial charge in [0, 0.05) is 6.08 Å². The molecule has 0 radical (unpaired) electrons. The molecule has 0 aliphatic rings. The topological polar surface area (TPSA) is 65.0 Å². The Morgan fingerprint density at radius 1 is 1.05 bits per heavy atom. The summed E-state index contributed by atoms with van der Waals surface area (Å²) in [6.45, 7) is 11.2. The molecule has 0 aliphatic heterocycles. The van der Waals surface area contributed by atoms with Crippen LogP contribution in [0.1, 0.15) is 0 Å². The Bertz CT molecular complexity index is 284. The molecule has 19 heavy (non-hydrogen) atoms. The lowest BCUT2D eigenvalue weighted by molar-refractivity contribution is -0.147. The van der Waals surface area contributed by atoms with Crippen LogP contribution in [0.5, 0.6) is 0 Å². The number of hydrogen-bond donors (Lipinski definition) is 1. The smallest absolute Gasteiger partial charge is 0.330 e. The number of rotatable bonds is 12. The van der Waals surface area contributed by atoms with Crippen molar-refractivity contribution in [2.24, 2.45) is 5.41 Å². The first kappa shape index (κ1) is 17.6. The minimum Gasteiger partial charge on any atom is -0.462 e. The maximum atomic E-state index is 11.1. The Morgan fingerprint density at radius 2 is 1.58 bits per heavy atom. The van der Waals surface area contributed by atoms with Crippen LogP contribution in [0.3, 0.4) is 0 Å². The molecule has 0 unspecified atom stereocenters. The van der Waals surface area contributed by atoms with Crippen molar-refractivity contribution in [3.05, 3.63) is 38.0 Å². The minimum absolute atomic E-state index is 0.0113.